The van der Waals surface area contributed by atoms with Crippen molar-refractivity contribution < 1.29 is 14.0 Å². The Hall–Kier alpha value is -2.30. The van der Waals surface area contributed by atoms with Crippen LogP contribution in [0.2, 0.25) is 0 Å². The third kappa shape index (κ3) is 3.42. The van der Waals surface area contributed by atoms with Gasteiger partial charge < -0.3 is 14.7 Å². The molecule has 0 spiro atoms. The van der Waals surface area contributed by atoms with Gasteiger partial charge in [-0.1, -0.05) is 0 Å². The normalized spacial score (nSPS) is 10.6. The number of aromatic amines is 1. The smallest absolute Gasteiger partial charge is 0.253 e. The fourth-order valence-electron chi connectivity index (χ4n) is 2.45. The van der Waals surface area contributed by atoms with E-state index in [1.807, 2.05) is 12.1 Å². The molecule has 0 aliphatic heterocycles. The lowest BCUT2D eigenvalue weighted by Crippen LogP contribution is -2.25. The zero-order valence-electron chi connectivity index (χ0n) is 12.6. The summed E-state index contributed by atoms with van der Waals surface area (Å²) >= 11 is 0. The van der Waals surface area contributed by atoms with Crippen molar-refractivity contribution in [2.75, 3.05) is 6.54 Å². The Morgan fingerprint density at radius 3 is 2.67 bits per heavy atom. The number of aromatic nitrogens is 1. The molecular weight excluding hydrogens is 268 g/mol. The highest BCUT2D eigenvalue weighted by Gasteiger charge is 2.19. The average Bonchev–Trinajstić information content (AvgIpc) is 3.03. The quantitative estimate of drug-likeness (QED) is 0.634. The Morgan fingerprint density at radius 1 is 1.33 bits per heavy atom. The Balaban J connectivity index is 1.93. The number of Topliss-reactive ketones (excluding diaryl/α,β-unsaturated/α-hetero) is 1. The van der Waals surface area contributed by atoms with Crippen LogP contribution in [0.3, 0.4) is 0 Å². The molecule has 2 N–H and O–H groups in total. The van der Waals surface area contributed by atoms with Crippen molar-refractivity contribution in [3.8, 4) is 0 Å². The van der Waals surface area contributed by atoms with Crippen LogP contribution in [0, 0.1) is 13.8 Å². The van der Waals surface area contributed by atoms with Gasteiger partial charge in [-0.25, -0.2) is 0 Å². The largest absolute Gasteiger partial charge is 0.469 e. The highest BCUT2D eigenvalue weighted by molar-refractivity contribution is 6.02. The van der Waals surface area contributed by atoms with E-state index in [1.54, 1.807) is 20.1 Å². The van der Waals surface area contributed by atoms with E-state index in [0.29, 0.717) is 23.4 Å². The number of amides is 1. The van der Waals surface area contributed by atoms with Gasteiger partial charge >= 0.3 is 0 Å². The van der Waals surface area contributed by atoms with Crippen LogP contribution in [0.15, 0.2) is 22.8 Å². The second kappa shape index (κ2) is 6.43. The monoisotopic (exact) mass is 288 g/mol. The molecule has 2 heterocycles. The number of nitrogens with one attached hydrogen (secondary N) is 2. The fraction of sp³-hybridized carbons (Fsp3) is 0.375. The number of carbonyl (C=O) groups is 2. The van der Waals surface area contributed by atoms with Crippen LogP contribution in [-0.4, -0.2) is 23.2 Å². The number of carbonyl (C=O) groups excluding carboxylic acids is 2. The summed E-state index contributed by atoms with van der Waals surface area (Å²) in [4.78, 5) is 26.7. The van der Waals surface area contributed by atoms with Crippen molar-refractivity contribution >= 4 is 11.7 Å². The highest BCUT2D eigenvalue weighted by atomic mass is 16.3. The standard InChI is InChI=1S/C16H20N2O3/c1-10-14(11(2)18-15(10)12(3)19)16(20)17-8-4-6-13-7-5-9-21-13/h5,7,9,18H,4,6,8H2,1-3H3,(H,17,20). The van der Waals surface area contributed by atoms with Gasteiger partial charge in [-0.05, 0) is 38.0 Å². The summed E-state index contributed by atoms with van der Waals surface area (Å²) in [6.45, 7) is 5.65. The Labute approximate surface area is 123 Å². The molecule has 0 radical (unpaired) electrons. The molecule has 2 aromatic rings. The minimum absolute atomic E-state index is 0.0625. The molecule has 0 atom stereocenters. The van der Waals surface area contributed by atoms with Crippen molar-refractivity contribution in [1.82, 2.24) is 10.3 Å². The van der Waals surface area contributed by atoms with Gasteiger partial charge in [-0.15, -0.1) is 0 Å². The van der Waals surface area contributed by atoms with Crippen molar-refractivity contribution in [3.05, 3.63) is 46.7 Å². The first-order chi connectivity index (χ1) is 10.0. The lowest BCUT2D eigenvalue weighted by atomic mass is 10.1. The molecule has 1 amide bonds. The molecule has 0 aromatic carbocycles. The summed E-state index contributed by atoms with van der Waals surface area (Å²) in [5, 5.41) is 2.88. The molecule has 2 rings (SSSR count). The molecule has 5 nitrogen and oxygen atoms in total. The van der Waals surface area contributed by atoms with Crippen LogP contribution in [0.1, 0.15) is 51.2 Å². The predicted octanol–water partition coefficient (Wildman–Crippen LogP) is 2.79. The molecule has 21 heavy (non-hydrogen) atoms. The van der Waals surface area contributed by atoms with E-state index in [2.05, 4.69) is 10.3 Å². The van der Waals surface area contributed by atoms with Crippen molar-refractivity contribution in [2.45, 2.75) is 33.6 Å². The SMILES string of the molecule is CC(=O)c1[nH]c(C)c(C(=O)NCCCc2ccco2)c1C. The second-order valence-corrected chi connectivity index (χ2v) is 5.12. The summed E-state index contributed by atoms with van der Waals surface area (Å²) < 4.78 is 5.24. The molecule has 0 unspecified atom stereocenters. The molecule has 2 aromatic heterocycles. The minimum atomic E-state index is -0.145. The molecule has 0 bridgehead atoms. The van der Waals surface area contributed by atoms with E-state index in [0.717, 1.165) is 24.3 Å². The molecule has 0 saturated heterocycles. The molecule has 5 heteroatoms. The highest BCUT2D eigenvalue weighted by Crippen LogP contribution is 2.18. The first kappa shape index (κ1) is 15.1. The Bertz CT molecular complexity index is 639. The van der Waals surface area contributed by atoms with Crippen molar-refractivity contribution in [1.29, 1.82) is 0 Å². The lowest BCUT2D eigenvalue weighted by Gasteiger charge is -2.05. The van der Waals surface area contributed by atoms with E-state index in [9.17, 15) is 9.59 Å². The predicted molar refractivity (Wildman–Crippen MR) is 79.6 cm³/mol. The number of hydrogen-bond donors (Lipinski definition) is 2. The Morgan fingerprint density at radius 2 is 2.10 bits per heavy atom. The van der Waals surface area contributed by atoms with E-state index in [1.165, 1.54) is 6.92 Å². The summed E-state index contributed by atoms with van der Waals surface area (Å²) in [5.41, 5.74) is 2.51. The van der Waals surface area contributed by atoms with Gasteiger partial charge in [0.15, 0.2) is 5.78 Å². The number of H-pyrrole nitrogens is 1. The fourth-order valence-corrected chi connectivity index (χ4v) is 2.45. The van der Waals surface area contributed by atoms with Crippen LogP contribution >= 0.6 is 0 Å². The van der Waals surface area contributed by atoms with Gasteiger partial charge in [0, 0.05) is 25.6 Å². The molecule has 0 fully saturated rings. The van der Waals surface area contributed by atoms with Gasteiger partial charge in [0.05, 0.1) is 17.5 Å². The number of rotatable bonds is 6. The number of aryl methyl sites for hydroxylation is 2. The molecule has 0 aliphatic rings. The first-order valence-electron chi connectivity index (χ1n) is 7.01. The summed E-state index contributed by atoms with van der Waals surface area (Å²) in [6.07, 6.45) is 3.24. The van der Waals surface area contributed by atoms with Crippen LogP contribution in [0.5, 0.6) is 0 Å². The molecular formula is C16H20N2O3. The summed E-state index contributed by atoms with van der Waals surface area (Å²) in [5.74, 6) is 0.706. The maximum atomic E-state index is 12.2. The van der Waals surface area contributed by atoms with E-state index in [4.69, 9.17) is 4.42 Å². The van der Waals surface area contributed by atoms with Gasteiger partial charge in [0.25, 0.3) is 5.91 Å². The maximum Gasteiger partial charge on any atom is 0.253 e. The van der Waals surface area contributed by atoms with Crippen molar-refractivity contribution in [2.24, 2.45) is 0 Å². The van der Waals surface area contributed by atoms with Crippen LogP contribution in [0.25, 0.3) is 0 Å². The van der Waals surface area contributed by atoms with Crippen LogP contribution in [-0.2, 0) is 6.42 Å². The molecule has 112 valence electrons. The first-order valence-corrected chi connectivity index (χ1v) is 7.01. The average molecular weight is 288 g/mol. The van der Waals surface area contributed by atoms with Gasteiger partial charge in [-0.3, -0.25) is 9.59 Å². The molecule has 0 saturated carbocycles. The zero-order valence-corrected chi connectivity index (χ0v) is 12.6. The minimum Gasteiger partial charge on any atom is -0.469 e. The van der Waals surface area contributed by atoms with E-state index >= 15 is 0 Å². The van der Waals surface area contributed by atoms with Crippen LogP contribution < -0.4 is 5.32 Å². The zero-order chi connectivity index (χ0) is 15.4. The third-order valence-corrected chi connectivity index (χ3v) is 3.48. The van der Waals surface area contributed by atoms with Crippen LogP contribution in [0.4, 0.5) is 0 Å². The Kier molecular flexibility index (Phi) is 4.62. The van der Waals surface area contributed by atoms with Gasteiger partial charge in [-0.2, -0.15) is 0 Å². The summed E-state index contributed by atoms with van der Waals surface area (Å²) in [7, 11) is 0. The lowest BCUT2D eigenvalue weighted by molar-refractivity contribution is 0.0951. The number of ketones is 1. The van der Waals surface area contributed by atoms with Gasteiger partial charge in [0.2, 0.25) is 0 Å². The summed E-state index contributed by atoms with van der Waals surface area (Å²) in [6, 6.07) is 3.77. The molecule has 0 aliphatic carbocycles. The maximum absolute atomic E-state index is 12.2. The third-order valence-electron chi connectivity index (χ3n) is 3.48. The topological polar surface area (TPSA) is 75.1 Å². The number of furan rings is 1. The van der Waals surface area contributed by atoms with Crippen molar-refractivity contribution in [3.63, 3.8) is 0 Å². The van der Waals surface area contributed by atoms with Gasteiger partial charge in [0.1, 0.15) is 5.76 Å². The number of hydrogen-bond acceptors (Lipinski definition) is 3. The second-order valence-electron chi connectivity index (χ2n) is 5.12. The van der Waals surface area contributed by atoms with E-state index in [-0.39, 0.29) is 11.7 Å². The van der Waals surface area contributed by atoms with E-state index < -0.39 is 0 Å².